The van der Waals surface area contributed by atoms with E-state index in [1.807, 2.05) is 11.8 Å². The monoisotopic (exact) mass is 350 g/mol. The number of carbonyl (C=O) groups is 1. The highest BCUT2D eigenvalue weighted by molar-refractivity contribution is 8.02. The number of ether oxygens (including phenoxy) is 1. The predicted octanol–water partition coefficient (Wildman–Crippen LogP) is 3.82. The molecule has 24 heavy (non-hydrogen) atoms. The van der Waals surface area contributed by atoms with E-state index >= 15 is 0 Å². The van der Waals surface area contributed by atoms with Crippen molar-refractivity contribution in [1.29, 1.82) is 0 Å². The number of hydrazine groups is 1. The van der Waals surface area contributed by atoms with Gasteiger partial charge in [0, 0.05) is 4.75 Å². The quantitative estimate of drug-likeness (QED) is 0.515. The van der Waals surface area contributed by atoms with Crippen LogP contribution in [-0.4, -0.2) is 27.1 Å². The van der Waals surface area contributed by atoms with Crippen LogP contribution >= 0.6 is 11.8 Å². The lowest BCUT2D eigenvalue weighted by Crippen LogP contribution is -2.33. The summed E-state index contributed by atoms with van der Waals surface area (Å²) in [5, 5.41) is 9.23. The van der Waals surface area contributed by atoms with Gasteiger partial charge in [-0.15, -0.1) is 11.8 Å². The van der Waals surface area contributed by atoms with Gasteiger partial charge in [0.1, 0.15) is 11.5 Å². The second kappa shape index (κ2) is 7.38. The lowest BCUT2D eigenvalue weighted by molar-refractivity contribution is -0.124. The number of benzene rings is 1. The van der Waals surface area contributed by atoms with Crippen molar-refractivity contribution in [2.75, 3.05) is 12.0 Å². The van der Waals surface area contributed by atoms with Crippen LogP contribution in [0.15, 0.2) is 36.1 Å². The number of hydrogen-bond acceptors (Lipinski definition) is 5. The third kappa shape index (κ3) is 4.84. The Hall–Kier alpha value is -1.82. The van der Waals surface area contributed by atoms with E-state index in [2.05, 4.69) is 44.6 Å². The Balaban J connectivity index is 1.85. The highest BCUT2D eigenvalue weighted by atomic mass is 32.2. The van der Waals surface area contributed by atoms with Crippen molar-refractivity contribution < 1.29 is 14.6 Å². The third-order valence-corrected chi connectivity index (χ3v) is 5.34. The lowest BCUT2D eigenvalue weighted by Gasteiger charge is -2.26. The summed E-state index contributed by atoms with van der Waals surface area (Å²) in [6, 6.07) is 6.43. The van der Waals surface area contributed by atoms with Gasteiger partial charge in [0.25, 0.3) is 5.91 Å². The Labute approximate surface area is 147 Å². The van der Waals surface area contributed by atoms with Crippen molar-refractivity contribution in [3.8, 4) is 5.75 Å². The van der Waals surface area contributed by atoms with Crippen molar-refractivity contribution in [3.05, 3.63) is 36.1 Å². The van der Waals surface area contributed by atoms with E-state index in [-0.39, 0.29) is 27.8 Å². The first kappa shape index (κ1) is 18.5. The molecule has 132 valence electrons. The van der Waals surface area contributed by atoms with Gasteiger partial charge in [0.15, 0.2) is 6.61 Å². The molecule has 0 spiro atoms. The van der Waals surface area contributed by atoms with Gasteiger partial charge >= 0.3 is 0 Å². The number of phenolic OH excluding ortho intramolecular Hbond substituents is 1. The van der Waals surface area contributed by atoms with Crippen LogP contribution in [0.25, 0.3) is 0 Å². The molecule has 0 aromatic heterocycles. The molecule has 3 N–H and O–H groups in total. The molecule has 1 unspecified atom stereocenters. The molecule has 0 radical (unpaired) electrons. The fourth-order valence-corrected chi connectivity index (χ4v) is 4.67. The number of nitrogens with one attached hydrogen (secondary N) is 2. The van der Waals surface area contributed by atoms with Gasteiger partial charge in [-0.2, -0.15) is 0 Å². The molecule has 0 fully saturated rings. The molecule has 2 rings (SSSR count). The van der Waals surface area contributed by atoms with Crippen LogP contribution < -0.4 is 10.9 Å². The van der Waals surface area contributed by atoms with Gasteiger partial charge in [-0.25, -0.2) is 0 Å². The fraction of sp³-hybridized carbons (Fsp3) is 0.500. The number of phenols is 1. The number of hydrogen-bond donors (Lipinski definition) is 3. The summed E-state index contributed by atoms with van der Waals surface area (Å²) < 4.78 is 5.71. The van der Waals surface area contributed by atoms with Crippen LogP contribution in [0.3, 0.4) is 0 Å². The number of thioether (sulfide) groups is 1. The van der Waals surface area contributed by atoms with Crippen molar-refractivity contribution in [3.63, 3.8) is 0 Å². The predicted molar refractivity (Wildman–Crippen MR) is 98.9 cm³/mol. The Morgan fingerprint density at radius 3 is 2.54 bits per heavy atom. The number of aromatic hydroxyl groups is 1. The Morgan fingerprint density at radius 1 is 1.25 bits per heavy atom. The topological polar surface area (TPSA) is 70.6 Å². The van der Waals surface area contributed by atoms with E-state index in [0.29, 0.717) is 5.69 Å². The normalized spacial score (nSPS) is 21.9. The molecule has 0 saturated carbocycles. The minimum Gasteiger partial charge on any atom is -0.508 e. The molecule has 1 aliphatic heterocycles. The van der Waals surface area contributed by atoms with Gasteiger partial charge in [0.05, 0.1) is 10.4 Å². The van der Waals surface area contributed by atoms with Crippen LogP contribution in [0.2, 0.25) is 0 Å². The molecular formula is C18H26N2O3S. The van der Waals surface area contributed by atoms with Gasteiger partial charge in [-0.05, 0) is 57.5 Å². The maximum atomic E-state index is 12.0. The van der Waals surface area contributed by atoms with E-state index in [0.717, 1.165) is 18.6 Å². The first-order valence-electron chi connectivity index (χ1n) is 8.14. The Bertz CT molecular complexity index is 613. The molecule has 1 heterocycles. The molecule has 5 nitrogen and oxygen atoms in total. The van der Waals surface area contributed by atoms with Crippen LogP contribution in [-0.2, 0) is 9.53 Å². The molecule has 1 aromatic rings. The molecule has 1 aliphatic rings. The first-order valence-corrected chi connectivity index (χ1v) is 8.96. The summed E-state index contributed by atoms with van der Waals surface area (Å²) in [7, 11) is 0. The SMILES string of the molecule is CCCC1(C)C=C(OCC(=O)NNc2ccc(O)cc2)C(C)(C)S1. The number of carbonyl (C=O) groups excluding carboxylic acids is 1. The minimum absolute atomic E-state index is 0.0386. The average Bonchev–Trinajstić information content (AvgIpc) is 2.73. The van der Waals surface area contributed by atoms with Crippen LogP contribution in [0.1, 0.15) is 40.5 Å². The standard InChI is InChI=1S/C18H26N2O3S/c1-5-10-18(4)11-15(17(2,3)24-18)23-12-16(22)20-19-13-6-8-14(21)9-7-13/h6-9,11,19,21H,5,10,12H2,1-4H3,(H,20,22). The molecule has 0 aliphatic carbocycles. The summed E-state index contributed by atoms with van der Waals surface area (Å²) in [5.74, 6) is 0.787. The maximum Gasteiger partial charge on any atom is 0.276 e. The smallest absolute Gasteiger partial charge is 0.276 e. The fourth-order valence-electron chi connectivity index (χ4n) is 2.81. The largest absolute Gasteiger partial charge is 0.508 e. The summed E-state index contributed by atoms with van der Waals surface area (Å²) in [5.41, 5.74) is 6.06. The van der Waals surface area contributed by atoms with Gasteiger partial charge in [-0.1, -0.05) is 13.3 Å². The van der Waals surface area contributed by atoms with Crippen molar-refractivity contribution in [2.24, 2.45) is 0 Å². The lowest BCUT2D eigenvalue weighted by atomic mass is 10.0. The van der Waals surface area contributed by atoms with Gasteiger partial charge in [0.2, 0.25) is 0 Å². The first-order chi connectivity index (χ1) is 11.2. The molecule has 6 heteroatoms. The molecule has 1 aromatic carbocycles. The van der Waals surface area contributed by atoms with Crippen molar-refractivity contribution >= 4 is 23.4 Å². The molecule has 1 atom stereocenters. The van der Waals surface area contributed by atoms with E-state index in [1.165, 1.54) is 0 Å². The molecule has 0 bridgehead atoms. The summed E-state index contributed by atoms with van der Waals surface area (Å²) in [4.78, 5) is 12.0. The Morgan fingerprint density at radius 2 is 1.92 bits per heavy atom. The van der Waals surface area contributed by atoms with E-state index in [4.69, 9.17) is 4.74 Å². The van der Waals surface area contributed by atoms with Gasteiger partial charge < -0.3 is 9.84 Å². The number of rotatable bonds is 7. The molecule has 1 amide bonds. The number of anilines is 1. The molecule has 0 saturated heterocycles. The second-order valence-electron chi connectivity index (χ2n) is 6.69. The van der Waals surface area contributed by atoms with Gasteiger partial charge in [-0.3, -0.25) is 15.6 Å². The summed E-state index contributed by atoms with van der Waals surface area (Å²) >= 11 is 1.88. The van der Waals surface area contributed by atoms with Crippen molar-refractivity contribution in [2.45, 2.75) is 50.0 Å². The van der Waals surface area contributed by atoms with Crippen LogP contribution in [0.5, 0.6) is 5.75 Å². The van der Waals surface area contributed by atoms with E-state index < -0.39 is 0 Å². The van der Waals surface area contributed by atoms with Crippen LogP contribution in [0, 0.1) is 0 Å². The maximum absolute atomic E-state index is 12.0. The second-order valence-corrected chi connectivity index (χ2v) is 8.85. The minimum atomic E-state index is -0.256. The highest BCUT2D eigenvalue weighted by Crippen LogP contribution is 2.51. The third-order valence-electron chi connectivity index (χ3n) is 3.84. The zero-order valence-electron chi connectivity index (χ0n) is 14.7. The zero-order chi connectivity index (χ0) is 17.8. The summed E-state index contributed by atoms with van der Waals surface area (Å²) in [6.07, 6.45) is 4.35. The van der Waals surface area contributed by atoms with Crippen LogP contribution in [0.4, 0.5) is 5.69 Å². The van der Waals surface area contributed by atoms with Crippen molar-refractivity contribution in [1.82, 2.24) is 5.43 Å². The average molecular weight is 350 g/mol. The molecular weight excluding hydrogens is 324 g/mol. The Kier molecular flexibility index (Phi) is 5.70. The van der Waals surface area contributed by atoms with E-state index in [1.54, 1.807) is 24.3 Å². The highest BCUT2D eigenvalue weighted by Gasteiger charge is 2.42. The number of amides is 1. The van der Waals surface area contributed by atoms with E-state index in [9.17, 15) is 9.90 Å². The summed E-state index contributed by atoms with van der Waals surface area (Å²) in [6.45, 7) is 8.59. The zero-order valence-corrected chi connectivity index (χ0v) is 15.5.